The maximum absolute atomic E-state index is 12.4. The van der Waals surface area contributed by atoms with E-state index in [9.17, 15) is 9.59 Å². The maximum atomic E-state index is 12.4. The van der Waals surface area contributed by atoms with E-state index in [0.29, 0.717) is 28.7 Å². The van der Waals surface area contributed by atoms with Gasteiger partial charge in [0.05, 0.1) is 0 Å². The molecule has 2 aromatic carbocycles. The normalized spacial score (nSPS) is 13.2. The van der Waals surface area contributed by atoms with Crippen molar-refractivity contribution in [2.24, 2.45) is 0 Å². The van der Waals surface area contributed by atoms with Crippen LogP contribution in [0.1, 0.15) is 49.5 Å². The molecule has 1 saturated carbocycles. The summed E-state index contributed by atoms with van der Waals surface area (Å²) in [4.78, 5) is 24.7. The molecule has 2 N–H and O–H groups in total. The van der Waals surface area contributed by atoms with Crippen molar-refractivity contribution in [3.8, 4) is 0 Å². The van der Waals surface area contributed by atoms with Crippen LogP contribution in [-0.2, 0) is 6.54 Å². The Hall–Kier alpha value is -3.06. The predicted molar refractivity (Wildman–Crippen MR) is 104 cm³/mol. The molecule has 0 unspecified atom stereocenters. The molecule has 0 spiro atoms. The molecule has 0 aliphatic heterocycles. The first kappa shape index (κ1) is 17.4. The zero-order valence-electron chi connectivity index (χ0n) is 14.5. The number of nitrogens with zero attached hydrogens (tertiary/aromatic N) is 2. The molecule has 0 bridgehead atoms. The van der Waals surface area contributed by atoms with Crippen LogP contribution < -0.4 is 10.6 Å². The van der Waals surface area contributed by atoms with Gasteiger partial charge in [0.25, 0.3) is 11.8 Å². The third-order valence-electron chi connectivity index (χ3n) is 4.24. The summed E-state index contributed by atoms with van der Waals surface area (Å²) in [5.74, 6) is -0.0242. The zero-order valence-corrected chi connectivity index (χ0v) is 15.3. The molecule has 0 saturated heterocycles. The number of amides is 2. The lowest BCUT2D eigenvalue weighted by Gasteiger charge is -2.08. The number of aromatic nitrogens is 2. The average molecular weight is 378 g/mol. The molecule has 0 atom stereocenters. The van der Waals surface area contributed by atoms with Gasteiger partial charge in [-0.1, -0.05) is 47.7 Å². The Bertz CT molecular complexity index is 967. The Kier molecular flexibility index (Phi) is 4.93. The summed E-state index contributed by atoms with van der Waals surface area (Å²) in [6.45, 7) is 0.449. The number of rotatable bonds is 6. The quantitative estimate of drug-likeness (QED) is 0.686. The number of hydrogen-bond acceptors (Lipinski definition) is 5. The first-order valence-electron chi connectivity index (χ1n) is 8.76. The van der Waals surface area contributed by atoms with Gasteiger partial charge in [0, 0.05) is 23.7 Å². The van der Waals surface area contributed by atoms with E-state index in [0.717, 1.165) is 23.4 Å². The molecule has 1 fully saturated rings. The second-order valence-electron chi connectivity index (χ2n) is 6.42. The van der Waals surface area contributed by atoms with Crippen LogP contribution in [0.2, 0.25) is 0 Å². The lowest BCUT2D eigenvalue weighted by Crippen LogP contribution is -2.23. The molecule has 27 heavy (non-hydrogen) atoms. The van der Waals surface area contributed by atoms with Crippen molar-refractivity contribution in [3.05, 3.63) is 75.7 Å². The lowest BCUT2D eigenvalue weighted by atomic mass is 10.1. The highest BCUT2D eigenvalue weighted by Crippen LogP contribution is 2.41. The number of nitrogens with one attached hydrogen (secondary N) is 2. The molecule has 7 heteroatoms. The van der Waals surface area contributed by atoms with Crippen molar-refractivity contribution in [2.45, 2.75) is 25.3 Å². The van der Waals surface area contributed by atoms with Crippen LogP contribution in [0.25, 0.3) is 0 Å². The largest absolute Gasteiger partial charge is 0.348 e. The first-order chi connectivity index (χ1) is 13.2. The van der Waals surface area contributed by atoms with E-state index in [2.05, 4.69) is 20.8 Å². The van der Waals surface area contributed by atoms with Gasteiger partial charge in [-0.05, 0) is 36.6 Å². The SMILES string of the molecule is O=C(NCc1ccccc1)c1cccc(NC(=O)c2nnc(C3CC3)s2)c1. The zero-order chi connectivity index (χ0) is 18.6. The minimum absolute atomic E-state index is 0.193. The highest BCUT2D eigenvalue weighted by Gasteiger charge is 2.28. The van der Waals surface area contributed by atoms with Gasteiger partial charge in [-0.25, -0.2) is 0 Å². The standard InChI is InChI=1S/C20H18N4O2S/c25-17(21-12-13-5-2-1-3-6-13)15-7-4-8-16(11-15)22-18(26)20-24-23-19(27-20)14-9-10-14/h1-8,11,14H,9-10,12H2,(H,21,25)(H,22,26). The summed E-state index contributed by atoms with van der Waals surface area (Å²) >= 11 is 1.33. The molecule has 2 amide bonds. The fraction of sp³-hybridized carbons (Fsp3) is 0.200. The monoisotopic (exact) mass is 378 g/mol. The van der Waals surface area contributed by atoms with Crippen LogP contribution in [0.4, 0.5) is 5.69 Å². The summed E-state index contributed by atoms with van der Waals surface area (Å²) in [6, 6.07) is 16.6. The van der Waals surface area contributed by atoms with Crippen molar-refractivity contribution < 1.29 is 9.59 Å². The second-order valence-corrected chi connectivity index (χ2v) is 7.43. The van der Waals surface area contributed by atoms with Crippen LogP contribution in [0.5, 0.6) is 0 Å². The first-order valence-corrected chi connectivity index (χ1v) is 9.57. The van der Waals surface area contributed by atoms with Crippen LogP contribution in [0, 0.1) is 0 Å². The Morgan fingerprint density at radius 1 is 1.00 bits per heavy atom. The maximum Gasteiger partial charge on any atom is 0.286 e. The summed E-state index contributed by atoms with van der Waals surface area (Å²) in [7, 11) is 0. The van der Waals surface area contributed by atoms with Crippen molar-refractivity contribution in [2.75, 3.05) is 5.32 Å². The summed E-state index contributed by atoms with van der Waals surface area (Å²) < 4.78 is 0. The number of carbonyl (C=O) groups excluding carboxylic acids is 2. The Morgan fingerprint density at radius 2 is 1.81 bits per heavy atom. The molecule has 1 aliphatic rings. The fourth-order valence-corrected chi connectivity index (χ4v) is 3.53. The Balaban J connectivity index is 1.39. The van der Waals surface area contributed by atoms with E-state index in [1.165, 1.54) is 11.3 Å². The van der Waals surface area contributed by atoms with Gasteiger partial charge in [-0.15, -0.1) is 10.2 Å². The van der Waals surface area contributed by atoms with Crippen LogP contribution in [0.3, 0.4) is 0 Å². The average Bonchev–Trinajstić information content (AvgIpc) is 3.43. The van der Waals surface area contributed by atoms with Crippen molar-refractivity contribution in [3.63, 3.8) is 0 Å². The van der Waals surface area contributed by atoms with Crippen LogP contribution in [-0.4, -0.2) is 22.0 Å². The van der Waals surface area contributed by atoms with Crippen molar-refractivity contribution in [1.29, 1.82) is 0 Å². The highest BCUT2D eigenvalue weighted by atomic mass is 32.1. The second kappa shape index (κ2) is 7.67. The minimum atomic E-state index is -0.304. The van der Waals surface area contributed by atoms with Gasteiger partial charge in [0.15, 0.2) is 0 Å². The summed E-state index contributed by atoms with van der Waals surface area (Å²) in [5, 5.41) is 15.0. The molecule has 3 aromatic rings. The van der Waals surface area contributed by atoms with Gasteiger partial charge < -0.3 is 10.6 Å². The molecule has 1 heterocycles. The van der Waals surface area contributed by atoms with Gasteiger partial charge in [0.2, 0.25) is 5.01 Å². The van der Waals surface area contributed by atoms with E-state index in [4.69, 9.17) is 0 Å². The van der Waals surface area contributed by atoms with Gasteiger partial charge in [-0.3, -0.25) is 9.59 Å². The molecule has 6 nitrogen and oxygen atoms in total. The predicted octanol–water partition coefficient (Wildman–Crippen LogP) is 3.60. The third kappa shape index (κ3) is 4.38. The molecular weight excluding hydrogens is 360 g/mol. The Morgan fingerprint density at radius 3 is 2.59 bits per heavy atom. The molecule has 1 aliphatic carbocycles. The molecular formula is C20H18N4O2S. The third-order valence-corrected chi connectivity index (χ3v) is 5.32. The van der Waals surface area contributed by atoms with Crippen molar-refractivity contribution >= 4 is 28.8 Å². The number of anilines is 1. The smallest absolute Gasteiger partial charge is 0.286 e. The Labute approximate surface area is 160 Å². The van der Waals surface area contributed by atoms with Gasteiger partial charge in [0.1, 0.15) is 5.01 Å². The van der Waals surface area contributed by atoms with Gasteiger partial charge >= 0.3 is 0 Å². The fourth-order valence-electron chi connectivity index (χ4n) is 2.62. The topological polar surface area (TPSA) is 84.0 Å². The highest BCUT2D eigenvalue weighted by molar-refractivity contribution is 7.13. The summed E-state index contributed by atoms with van der Waals surface area (Å²) in [6.07, 6.45) is 2.24. The van der Waals surface area contributed by atoms with Crippen LogP contribution >= 0.6 is 11.3 Å². The van der Waals surface area contributed by atoms with E-state index < -0.39 is 0 Å². The number of hydrogen-bond donors (Lipinski definition) is 2. The van der Waals surface area contributed by atoms with Crippen molar-refractivity contribution in [1.82, 2.24) is 15.5 Å². The van der Waals surface area contributed by atoms with E-state index in [1.807, 2.05) is 30.3 Å². The lowest BCUT2D eigenvalue weighted by molar-refractivity contribution is 0.0949. The van der Waals surface area contributed by atoms with E-state index >= 15 is 0 Å². The number of benzene rings is 2. The van der Waals surface area contributed by atoms with Gasteiger partial charge in [-0.2, -0.15) is 0 Å². The van der Waals surface area contributed by atoms with E-state index in [-0.39, 0.29) is 11.8 Å². The molecule has 0 radical (unpaired) electrons. The molecule has 4 rings (SSSR count). The summed E-state index contributed by atoms with van der Waals surface area (Å²) in [5.41, 5.74) is 2.06. The van der Waals surface area contributed by atoms with E-state index in [1.54, 1.807) is 24.3 Å². The number of carbonyl (C=O) groups is 2. The molecule has 1 aromatic heterocycles. The molecule has 136 valence electrons. The van der Waals surface area contributed by atoms with Crippen LogP contribution in [0.15, 0.2) is 54.6 Å². The minimum Gasteiger partial charge on any atom is -0.348 e.